The van der Waals surface area contributed by atoms with Crippen molar-refractivity contribution < 1.29 is 8.42 Å². The molecular formula is C11H23NO2S2. The Morgan fingerprint density at radius 3 is 2.50 bits per heavy atom. The van der Waals surface area contributed by atoms with Gasteiger partial charge in [-0.3, -0.25) is 0 Å². The summed E-state index contributed by atoms with van der Waals surface area (Å²) in [5, 5.41) is 3.03. The van der Waals surface area contributed by atoms with Crippen molar-refractivity contribution in [3.05, 3.63) is 0 Å². The molecule has 1 saturated heterocycles. The van der Waals surface area contributed by atoms with E-state index in [4.69, 9.17) is 0 Å². The molecular weight excluding hydrogens is 242 g/mol. The third-order valence-corrected chi connectivity index (χ3v) is 6.31. The van der Waals surface area contributed by atoms with E-state index in [1.807, 2.05) is 11.8 Å². The van der Waals surface area contributed by atoms with Gasteiger partial charge in [0.15, 0.2) is 9.84 Å². The number of sulfone groups is 1. The molecule has 0 amide bonds. The van der Waals surface area contributed by atoms with Crippen molar-refractivity contribution in [3.8, 4) is 0 Å². The quantitative estimate of drug-likeness (QED) is 0.740. The molecule has 1 N–H and O–H groups in total. The fourth-order valence-electron chi connectivity index (χ4n) is 1.71. The Morgan fingerprint density at radius 2 is 1.94 bits per heavy atom. The molecule has 1 fully saturated rings. The maximum atomic E-state index is 11.5. The molecule has 0 aromatic carbocycles. The van der Waals surface area contributed by atoms with E-state index in [-0.39, 0.29) is 11.0 Å². The van der Waals surface area contributed by atoms with Gasteiger partial charge in [-0.25, -0.2) is 8.42 Å². The van der Waals surface area contributed by atoms with Gasteiger partial charge in [-0.2, -0.15) is 11.8 Å². The van der Waals surface area contributed by atoms with Gasteiger partial charge in [0.2, 0.25) is 0 Å². The van der Waals surface area contributed by atoms with Gasteiger partial charge in [-0.15, -0.1) is 0 Å². The third kappa shape index (κ3) is 5.06. The summed E-state index contributed by atoms with van der Waals surface area (Å²) >= 11 is 2.02. The lowest BCUT2D eigenvalue weighted by Gasteiger charge is -2.21. The van der Waals surface area contributed by atoms with Crippen LogP contribution in [0, 0.1) is 5.92 Å². The van der Waals surface area contributed by atoms with Crippen molar-refractivity contribution in [2.24, 2.45) is 5.92 Å². The van der Waals surface area contributed by atoms with Crippen LogP contribution < -0.4 is 5.32 Å². The largest absolute Gasteiger partial charge is 0.315 e. The SMILES string of the molecule is CC(C)S(=O)(=O)CCNCC1CCSCC1. The summed E-state index contributed by atoms with van der Waals surface area (Å²) in [6.07, 6.45) is 2.54. The first-order valence-electron chi connectivity index (χ1n) is 6.02. The number of thioether (sulfide) groups is 1. The first-order valence-corrected chi connectivity index (χ1v) is 8.89. The molecule has 0 radical (unpaired) electrons. The maximum Gasteiger partial charge on any atom is 0.153 e. The van der Waals surface area contributed by atoms with Gasteiger partial charge in [0.25, 0.3) is 0 Å². The minimum absolute atomic E-state index is 0.250. The Kier molecular flexibility index (Phi) is 6.15. The van der Waals surface area contributed by atoms with Crippen LogP contribution in [0.1, 0.15) is 26.7 Å². The van der Waals surface area contributed by atoms with Crippen LogP contribution in [0.4, 0.5) is 0 Å². The lowest BCUT2D eigenvalue weighted by atomic mass is 10.0. The van der Waals surface area contributed by atoms with E-state index in [0.717, 1.165) is 12.5 Å². The second-order valence-corrected chi connectivity index (χ2v) is 8.58. The van der Waals surface area contributed by atoms with Gasteiger partial charge in [0, 0.05) is 6.54 Å². The standard InChI is InChI=1S/C11H23NO2S2/c1-10(2)16(13,14)8-5-12-9-11-3-6-15-7-4-11/h10-12H,3-9H2,1-2H3. The first-order chi connectivity index (χ1) is 7.52. The summed E-state index contributed by atoms with van der Waals surface area (Å²) < 4.78 is 23.1. The fourth-order valence-corrected chi connectivity index (χ4v) is 3.81. The van der Waals surface area contributed by atoms with Crippen molar-refractivity contribution in [3.63, 3.8) is 0 Å². The summed E-state index contributed by atoms with van der Waals surface area (Å²) in [4.78, 5) is 0. The van der Waals surface area contributed by atoms with Gasteiger partial charge >= 0.3 is 0 Å². The predicted octanol–water partition coefficient (Wildman–Crippen LogP) is 1.54. The lowest BCUT2D eigenvalue weighted by molar-refractivity contribution is 0.454. The fraction of sp³-hybridized carbons (Fsp3) is 1.00. The minimum atomic E-state index is -2.87. The molecule has 0 spiro atoms. The van der Waals surface area contributed by atoms with Crippen molar-refractivity contribution in [1.82, 2.24) is 5.32 Å². The second-order valence-electron chi connectivity index (χ2n) is 4.68. The molecule has 0 aliphatic carbocycles. The first kappa shape index (κ1) is 14.3. The molecule has 96 valence electrons. The summed E-state index contributed by atoms with van der Waals surface area (Å²) in [6, 6.07) is 0. The van der Waals surface area contributed by atoms with Gasteiger partial charge < -0.3 is 5.32 Å². The highest BCUT2D eigenvalue weighted by atomic mass is 32.2. The van der Waals surface area contributed by atoms with Crippen LogP contribution in [0.15, 0.2) is 0 Å². The topological polar surface area (TPSA) is 46.2 Å². The number of rotatable bonds is 6. The Morgan fingerprint density at radius 1 is 1.31 bits per heavy atom. The molecule has 0 bridgehead atoms. The van der Waals surface area contributed by atoms with Crippen molar-refractivity contribution in [2.75, 3.05) is 30.3 Å². The molecule has 0 atom stereocenters. The number of hydrogen-bond acceptors (Lipinski definition) is 4. The lowest BCUT2D eigenvalue weighted by Crippen LogP contribution is -2.31. The number of hydrogen-bond donors (Lipinski definition) is 1. The summed E-state index contributed by atoms with van der Waals surface area (Å²) in [6.45, 7) is 5.07. The molecule has 16 heavy (non-hydrogen) atoms. The van der Waals surface area contributed by atoms with Crippen LogP contribution >= 0.6 is 11.8 Å². The molecule has 0 saturated carbocycles. The van der Waals surface area contributed by atoms with Crippen molar-refractivity contribution in [1.29, 1.82) is 0 Å². The van der Waals surface area contributed by atoms with Crippen LogP contribution in [-0.4, -0.2) is 44.0 Å². The maximum absolute atomic E-state index is 11.5. The molecule has 3 nitrogen and oxygen atoms in total. The Bertz CT molecular complexity index is 282. The Labute approximate surface area is 104 Å². The molecule has 0 unspecified atom stereocenters. The van der Waals surface area contributed by atoms with Gasteiger partial charge in [0.1, 0.15) is 0 Å². The van der Waals surface area contributed by atoms with Crippen LogP contribution in [0.25, 0.3) is 0 Å². The molecule has 1 rings (SSSR count). The third-order valence-electron chi connectivity index (χ3n) is 3.06. The highest BCUT2D eigenvalue weighted by Gasteiger charge is 2.16. The van der Waals surface area contributed by atoms with E-state index in [1.54, 1.807) is 13.8 Å². The number of nitrogens with one attached hydrogen (secondary N) is 1. The highest BCUT2D eigenvalue weighted by Crippen LogP contribution is 2.21. The Hall–Kier alpha value is 0.260. The summed E-state index contributed by atoms with van der Waals surface area (Å²) in [7, 11) is -2.87. The van der Waals surface area contributed by atoms with Gasteiger partial charge in [-0.05, 0) is 50.7 Å². The van der Waals surface area contributed by atoms with E-state index in [1.165, 1.54) is 24.3 Å². The molecule has 1 aliphatic heterocycles. The van der Waals surface area contributed by atoms with E-state index in [0.29, 0.717) is 6.54 Å². The average Bonchev–Trinajstić information content (AvgIpc) is 2.26. The van der Waals surface area contributed by atoms with Gasteiger partial charge in [-0.1, -0.05) is 0 Å². The van der Waals surface area contributed by atoms with Crippen LogP contribution in [0.2, 0.25) is 0 Å². The predicted molar refractivity (Wildman–Crippen MR) is 71.8 cm³/mol. The van der Waals surface area contributed by atoms with Gasteiger partial charge in [0.05, 0.1) is 11.0 Å². The zero-order valence-corrected chi connectivity index (χ0v) is 11.9. The zero-order valence-electron chi connectivity index (χ0n) is 10.2. The van der Waals surface area contributed by atoms with Crippen molar-refractivity contribution in [2.45, 2.75) is 31.9 Å². The van der Waals surface area contributed by atoms with E-state index >= 15 is 0 Å². The van der Waals surface area contributed by atoms with Crippen molar-refractivity contribution >= 4 is 21.6 Å². The van der Waals surface area contributed by atoms with Crippen LogP contribution in [0.3, 0.4) is 0 Å². The van der Waals surface area contributed by atoms with Crippen LogP contribution in [0.5, 0.6) is 0 Å². The Balaban J connectivity index is 2.11. The smallest absolute Gasteiger partial charge is 0.153 e. The molecule has 1 heterocycles. The second kappa shape index (κ2) is 6.87. The average molecular weight is 265 g/mol. The summed E-state index contributed by atoms with van der Waals surface area (Å²) in [5.41, 5.74) is 0. The normalized spacial score (nSPS) is 19.2. The molecule has 1 aliphatic rings. The van der Waals surface area contributed by atoms with E-state index in [2.05, 4.69) is 5.32 Å². The summed E-state index contributed by atoms with van der Waals surface area (Å²) in [5.74, 6) is 3.54. The monoisotopic (exact) mass is 265 g/mol. The molecule has 5 heteroatoms. The molecule has 0 aromatic rings. The highest BCUT2D eigenvalue weighted by molar-refractivity contribution is 7.99. The zero-order chi connectivity index (χ0) is 12.0. The minimum Gasteiger partial charge on any atom is -0.315 e. The van der Waals surface area contributed by atoms with Crippen LogP contribution in [-0.2, 0) is 9.84 Å². The van der Waals surface area contributed by atoms with E-state index < -0.39 is 9.84 Å². The molecule has 0 aromatic heterocycles. The van der Waals surface area contributed by atoms with E-state index in [9.17, 15) is 8.42 Å².